The Morgan fingerprint density at radius 3 is 1.97 bits per heavy atom. The summed E-state index contributed by atoms with van der Waals surface area (Å²) < 4.78 is 1.04. The maximum Gasteiger partial charge on any atom is 0.239 e. The third kappa shape index (κ3) is 2.23. The van der Waals surface area contributed by atoms with Gasteiger partial charge in [-0.3, -0.25) is 9.59 Å². The average molecular weight is 521 g/mol. The van der Waals surface area contributed by atoms with Crippen molar-refractivity contribution in [1.29, 1.82) is 0 Å². The van der Waals surface area contributed by atoms with Crippen LogP contribution in [-0.2, 0) is 15.0 Å². The first kappa shape index (κ1) is 19.2. The number of benzene rings is 3. The van der Waals surface area contributed by atoms with Crippen molar-refractivity contribution in [3.63, 3.8) is 0 Å². The quantitative estimate of drug-likeness (QED) is 0.406. The minimum Gasteiger partial charge on any atom is -0.392 e. The van der Waals surface area contributed by atoms with E-state index < -0.39 is 23.4 Å². The molecule has 0 unspecified atom stereocenters. The number of anilines is 1. The fraction of sp³-hybridized carbons (Fsp3) is 0.231. The molecule has 1 saturated heterocycles. The molecule has 3 aliphatic carbocycles. The third-order valence-electron chi connectivity index (χ3n) is 7.43. The van der Waals surface area contributed by atoms with Gasteiger partial charge in [0.1, 0.15) is 0 Å². The van der Waals surface area contributed by atoms with Gasteiger partial charge in [0.2, 0.25) is 11.8 Å². The summed E-state index contributed by atoms with van der Waals surface area (Å²) >= 11 is 2.21. The first-order chi connectivity index (χ1) is 15.0. The molecule has 0 radical (unpaired) electrons. The number of halogens is 1. The van der Waals surface area contributed by atoms with Gasteiger partial charge in [0, 0.05) is 9.49 Å². The standard InChI is InChI=1S/C26H20INO3/c1-14(29)26-19-8-4-2-6-17(19)21(18-7-3-5-9-20(18)26)22-23(26)25(31)28(24(22)30)16-12-10-15(27)11-13-16/h2-14,21-23,29H,1H3/t14-,21?,22+,23-,26?/m1/s1. The molecule has 154 valence electrons. The highest BCUT2D eigenvalue weighted by atomic mass is 127. The lowest BCUT2D eigenvalue weighted by molar-refractivity contribution is -0.126. The summed E-state index contributed by atoms with van der Waals surface area (Å²) in [4.78, 5) is 29.1. The van der Waals surface area contributed by atoms with Crippen molar-refractivity contribution in [2.75, 3.05) is 4.90 Å². The number of carbonyl (C=O) groups is 2. The van der Waals surface area contributed by atoms with Gasteiger partial charge >= 0.3 is 0 Å². The second-order valence-electron chi connectivity index (χ2n) is 8.69. The van der Waals surface area contributed by atoms with Crippen LogP contribution in [0.5, 0.6) is 0 Å². The second kappa shape index (κ2) is 6.50. The molecule has 2 bridgehead atoms. The van der Waals surface area contributed by atoms with Crippen LogP contribution < -0.4 is 4.90 Å². The number of aliphatic hydroxyl groups excluding tert-OH is 1. The average Bonchev–Trinajstić information content (AvgIpc) is 3.05. The molecule has 7 rings (SSSR count). The molecular formula is C26H20INO3. The van der Waals surface area contributed by atoms with E-state index in [1.807, 2.05) is 60.7 Å². The Hall–Kier alpha value is -2.51. The van der Waals surface area contributed by atoms with Crippen LogP contribution in [0.25, 0.3) is 0 Å². The SMILES string of the molecule is C[C@@H](O)C12c3ccccc3C(c3ccccc31)[C@@H]1C(=O)N(c3ccc(I)cc3)C(=O)[C@@H]12. The van der Waals surface area contributed by atoms with Crippen molar-refractivity contribution in [3.05, 3.63) is 98.6 Å². The highest BCUT2D eigenvalue weighted by molar-refractivity contribution is 14.1. The molecule has 5 heteroatoms. The van der Waals surface area contributed by atoms with Crippen molar-refractivity contribution in [1.82, 2.24) is 0 Å². The lowest BCUT2D eigenvalue weighted by Gasteiger charge is -2.55. The number of hydrogen-bond acceptors (Lipinski definition) is 3. The fourth-order valence-electron chi connectivity index (χ4n) is 6.38. The van der Waals surface area contributed by atoms with E-state index in [0.717, 1.165) is 25.8 Å². The number of imide groups is 1. The lowest BCUT2D eigenvalue weighted by atomic mass is 9.46. The van der Waals surface area contributed by atoms with Crippen LogP contribution in [0.15, 0.2) is 72.8 Å². The molecule has 4 aliphatic rings. The molecule has 1 N–H and O–H groups in total. The van der Waals surface area contributed by atoms with Crippen LogP contribution in [0.2, 0.25) is 0 Å². The highest BCUT2D eigenvalue weighted by Crippen LogP contribution is 2.65. The number of amides is 2. The minimum atomic E-state index is -0.947. The predicted molar refractivity (Wildman–Crippen MR) is 126 cm³/mol. The van der Waals surface area contributed by atoms with E-state index in [-0.39, 0.29) is 17.7 Å². The second-order valence-corrected chi connectivity index (χ2v) is 9.93. The van der Waals surface area contributed by atoms with Gasteiger partial charge < -0.3 is 5.11 Å². The number of carbonyl (C=O) groups excluding carboxylic acids is 2. The number of rotatable bonds is 2. The number of nitrogens with zero attached hydrogens (tertiary/aromatic N) is 1. The maximum absolute atomic E-state index is 13.9. The smallest absolute Gasteiger partial charge is 0.239 e. The molecule has 1 aliphatic heterocycles. The van der Waals surface area contributed by atoms with Gasteiger partial charge in [0.25, 0.3) is 0 Å². The van der Waals surface area contributed by atoms with E-state index in [0.29, 0.717) is 5.69 Å². The molecule has 0 aromatic heterocycles. The van der Waals surface area contributed by atoms with E-state index in [4.69, 9.17) is 0 Å². The maximum atomic E-state index is 13.9. The minimum absolute atomic E-state index is 0.171. The summed E-state index contributed by atoms with van der Waals surface area (Å²) in [5.74, 6) is -1.73. The van der Waals surface area contributed by atoms with Crippen molar-refractivity contribution in [3.8, 4) is 0 Å². The van der Waals surface area contributed by atoms with Gasteiger partial charge in [0.05, 0.1) is 29.0 Å². The summed E-state index contributed by atoms with van der Waals surface area (Å²) in [5.41, 5.74) is 3.69. The van der Waals surface area contributed by atoms with Crippen molar-refractivity contribution >= 4 is 40.1 Å². The molecule has 0 saturated carbocycles. The first-order valence-corrected chi connectivity index (χ1v) is 11.6. The Kier molecular flexibility index (Phi) is 4.02. The zero-order valence-electron chi connectivity index (χ0n) is 16.8. The van der Waals surface area contributed by atoms with Crippen LogP contribution >= 0.6 is 22.6 Å². The highest BCUT2D eigenvalue weighted by Gasteiger charge is 2.69. The normalized spacial score (nSPS) is 28.9. The molecule has 1 fully saturated rings. The number of hydrogen-bond donors (Lipinski definition) is 1. The Bertz CT molecular complexity index is 1200. The Labute approximate surface area is 194 Å². The summed E-state index contributed by atoms with van der Waals surface area (Å²) in [6.07, 6.45) is -0.836. The van der Waals surface area contributed by atoms with Gasteiger partial charge in [-0.05, 0) is 76.0 Å². The van der Waals surface area contributed by atoms with Crippen LogP contribution in [0.1, 0.15) is 35.1 Å². The summed E-state index contributed by atoms with van der Waals surface area (Å²) in [6.45, 7) is 1.75. The topological polar surface area (TPSA) is 57.6 Å². The van der Waals surface area contributed by atoms with Crippen molar-refractivity contribution < 1.29 is 14.7 Å². The zero-order valence-corrected chi connectivity index (χ0v) is 19.0. The fourth-order valence-corrected chi connectivity index (χ4v) is 6.74. The lowest BCUT2D eigenvalue weighted by Crippen LogP contribution is -2.58. The van der Waals surface area contributed by atoms with E-state index in [1.165, 1.54) is 4.90 Å². The molecule has 3 aromatic carbocycles. The molecule has 4 nitrogen and oxygen atoms in total. The van der Waals surface area contributed by atoms with E-state index >= 15 is 0 Å². The van der Waals surface area contributed by atoms with Crippen molar-refractivity contribution in [2.24, 2.45) is 11.8 Å². The Morgan fingerprint density at radius 1 is 0.871 bits per heavy atom. The Balaban J connectivity index is 1.66. The van der Waals surface area contributed by atoms with Gasteiger partial charge in [-0.2, -0.15) is 0 Å². The van der Waals surface area contributed by atoms with E-state index in [9.17, 15) is 14.7 Å². The number of aliphatic hydroxyl groups is 1. The van der Waals surface area contributed by atoms with Gasteiger partial charge in [-0.1, -0.05) is 48.5 Å². The molecular weight excluding hydrogens is 501 g/mol. The van der Waals surface area contributed by atoms with Gasteiger partial charge in [-0.25, -0.2) is 4.90 Å². The molecule has 3 aromatic rings. The van der Waals surface area contributed by atoms with Crippen LogP contribution in [0.4, 0.5) is 5.69 Å². The van der Waals surface area contributed by atoms with Crippen molar-refractivity contribution in [2.45, 2.75) is 24.4 Å². The predicted octanol–water partition coefficient (Wildman–Crippen LogP) is 4.22. The summed E-state index contributed by atoms with van der Waals surface area (Å²) in [7, 11) is 0. The molecule has 0 spiro atoms. The van der Waals surface area contributed by atoms with Gasteiger partial charge in [0.15, 0.2) is 0 Å². The van der Waals surface area contributed by atoms with Gasteiger partial charge in [-0.15, -0.1) is 0 Å². The van der Waals surface area contributed by atoms with E-state index in [2.05, 4.69) is 34.7 Å². The molecule has 1 heterocycles. The summed E-state index contributed by atoms with van der Waals surface area (Å²) in [5, 5.41) is 11.3. The zero-order chi connectivity index (χ0) is 21.5. The van der Waals surface area contributed by atoms with Crippen LogP contribution in [0, 0.1) is 15.4 Å². The molecule has 31 heavy (non-hydrogen) atoms. The first-order valence-electron chi connectivity index (χ1n) is 10.5. The van der Waals surface area contributed by atoms with Crippen LogP contribution in [-0.4, -0.2) is 23.0 Å². The molecule has 3 atom stereocenters. The largest absolute Gasteiger partial charge is 0.392 e. The van der Waals surface area contributed by atoms with E-state index in [1.54, 1.807) is 6.92 Å². The monoisotopic (exact) mass is 521 g/mol. The molecule has 2 amide bonds. The Morgan fingerprint density at radius 2 is 1.42 bits per heavy atom. The van der Waals surface area contributed by atoms with Crippen LogP contribution in [0.3, 0.4) is 0 Å². The third-order valence-corrected chi connectivity index (χ3v) is 8.15. The summed E-state index contributed by atoms with van der Waals surface area (Å²) in [6, 6.07) is 23.5.